The molecule has 0 radical (unpaired) electrons. The molecule has 0 saturated carbocycles. The standard InChI is InChI=1S/C12H11ClN2O3/c1-2-12(17)18-10-7-11(16)15(14-10)9-6-4-3-5-8(9)13/h3-7,14H,2H2,1H3. The summed E-state index contributed by atoms with van der Waals surface area (Å²) in [5.74, 6) is -0.311. The minimum absolute atomic E-state index is 0.103. The zero-order valence-corrected chi connectivity index (χ0v) is 10.4. The van der Waals surface area contributed by atoms with Crippen LogP contribution < -0.4 is 10.3 Å². The Morgan fingerprint density at radius 2 is 2.17 bits per heavy atom. The maximum Gasteiger partial charge on any atom is 0.312 e. The van der Waals surface area contributed by atoms with Gasteiger partial charge < -0.3 is 4.74 Å². The number of esters is 1. The predicted octanol–water partition coefficient (Wildman–Crippen LogP) is 2.13. The highest BCUT2D eigenvalue weighted by molar-refractivity contribution is 6.32. The summed E-state index contributed by atoms with van der Waals surface area (Å²) in [6, 6.07) is 8.08. The molecule has 0 spiro atoms. The molecule has 18 heavy (non-hydrogen) atoms. The fourth-order valence-electron chi connectivity index (χ4n) is 1.43. The van der Waals surface area contributed by atoms with Gasteiger partial charge in [-0.05, 0) is 12.1 Å². The Hall–Kier alpha value is -2.01. The summed E-state index contributed by atoms with van der Waals surface area (Å²) in [6.45, 7) is 1.67. The summed E-state index contributed by atoms with van der Waals surface area (Å²) in [5.41, 5.74) is 0.157. The van der Waals surface area contributed by atoms with Gasteiger partial charge >= 0.3 is 5.97 Å². The number of benzene rings is 1. The number of aromatic nitrogens is 2. The molecule has 6 heteroatoms. The van der Waals surface area contributed by atoms with Crippen LogP contribution in [0, 0.1) is 0 Å². The van der Waals surface area contributed by atoms with Gasteiger partial charge in [-0.1, -0.05) is 30.7 Å². The van der Waals surface area contributed by atoms with Crippen LogP contribution in [0.4, 0.5) is 0 Å². The molecule has 1 aromatic heterocycles. The van der Waals surface area contributed by atoms with Gasteiger partial charge in [0.05, 0.1) is 16.8 Å². The van der Waals surface area contributed by atoms with Gasteiger partial charge in [0.2, 0.25) is 5.88 Å². The molecule has 2 rings (SSSR count). The number of hydrogen-bond acceptors (Lipinski definition) is 3. The molecule has 1 aromatic carbocycles. The second-order valence-electron chi connectivity index (χ2n) is 3.57. The van der Waals surface area contributed by atoms with Gasteiger partial charge in [0, 0.05) is 6.42 Å². The van der Waals surface area contributed by atoms with Crippen molar-refractivity contribution in [2.75, 3.05) is 0 Å². The fourth-order valence-corrected chi connectivity index (χ4v) is 1.65. The Morgan fingerprint density at radius 3 is 2.83 bits per heavy atom. The maximum atomic E-state index is 11.7. The van der Waals surface area contributed by atoms with E-state index in [1.807, 2.05) is 0 Å². The van der Waals surface area contributed by atoms with E-state index in [4.69, 9.17) is 16.3 Å². The molecule has 0 fully saturated rings. The van der Waals surface area contributed by atoms with Gasteiger partial charge in [-0.3, -0.25) is 14.7 Å². The van der Waals surface area contributed by atoms with Crippen LogP contribution in [0.3, 0.4) is 0 Å². The van der Waals surface area contributed by atoms with Gasteiger partial charge in [-0.15, -0.1) is 0 Å². The number of H-pyrrole nitrogens is 1. The highest BCUT2D eigenvalue weighted by Crippen LogP contribution is 2.18. The molecule has 0 atom stereocenters. The zero-order valence-electron chi connectivity index (χ0n) is 9.64. The predicted molar refractivity (Wildman–Crippen MR) is 67.3 cm³/mol. The summed E-state index contributed by atoms with van der Waals surface area (Å²) in [6.07, 6.45) is 0.235. The number of para-hydroxylation sites is 1. The summed E-state index contributed by atoms with van der Waals surface area (Å²) in [5, 5.41) is 3.11. The molecule has 0 aliphatic carbocycles. The molecule has 0 saturated heterocycles. The van der Waals surface area contributed by atoms with E-state index in [1.165, 1.54) is 10.7 Å². The summed E-state index contributed by atoms with van der Waals surface area (Å²) < 4.78 is 6.15. The number of rotatable bonds is 3. The number of nitrogens with one attached hydrogen (secondary N) is 1. The van der Waals surface area contributed by atoms with Gasteiger partial charge in [0.25, 0.3) is 5.56 Å². The van der Waals surface area contributed by atoms with Gasteiger partial charge in [0.1, 0.15) is 0 Å². The fraction of sp³-hybridized carbons (Fsp3) is 0.167. The van der Waals surface area contributed by atoms with Crippen LogP contribution in [0.5, 0.6) is 5.88 Å². The third kappa shape index (κ3) is 2.46. The Kier molecular flexibility index (Phi) is 3.53. The Bertz CT molecular complexity index is 630. The largest absolute Gasteiger partial charge is 0.408 e. The van der Waals surface area contributed by atoms with E-state index in [-0.39, 0.29) is 17.9 Å². The topological polar surface area (TPSA) is 64.1 Å². The molecule has 0 unspecified atom stereocenters. The summed E-state index contributed by atoms with van der Waals surface area (Å²) in [7, 11) is 0. The van der Waals surface area contributed by atoms with Crippen LogP contribution in [-0.4, -0.2) is 15.7 Å². The van der Waals surface area contributed by atoms with Crippen molar-refractivity contribution >= 4 is 17.6 Å². The van der Waals surface area contributed by atoms with Crippen molar-refractivity contribution < 1.29 is 9.53 Å². The molecule has 0 amide bonds. The summed E-state index contributed by atoms with van der Waals surface area (Å²) in [4.78, 5) is 22.9. The molecular formula is C12H11ClN2O3. The lowest BCUT2D eigenvalue weighted by Gasteiger charge is -2.04. The highest BCUT2D eigenvalue weighted by Gasteiger charge is 2.10. The van der Waals surface area contributed by atoms with Crippen LogP contribution in [0.15, 0.2) is 35.1 Å². The number of carbonyl (C=O) groups is 1. The summed E-state index contributed by atoms with van der Waals surface area (Å²) >= 11 is 5.99. The van der Waals surface area contributed by atoms with Gasteiger partial charge in [-0.25, -0.2) is 4.68 Å². The number of carbonyl (C=O) groups excluding carboxylic acids is 1. The Balaban J connectivity index is 2.39. The van der Waals surface area contributed by atoms with Crippen molar-refractivity contribution in [2.45, 2.75) is 13.3 Å². The van der Waals surface area contributed by atoms with Crippen molar-refractivity contribution in [3.05, 3.63) is 45.7 Å². The number of hydrogen-bond donors (Lipinski definition) is 1. The lowest BCUT2D eigenvalue weighted by molar-refractivity contribution is -0.134. The number of halogens is 1. The van der Waals surface area contributed by atoms with E-state index in [0.29, 0.717) is 10.7 Å². The van der Waals surface area contributed by atoms with E-state index in [1.54, 1.807) is 31.2 Å². The van der Waals surface area contributed by atoms with Crippen LogP contribution in [0.1, 0.15) is 13.3 Å². The number of nitrogens with zero attached hydrogens (tertiary/aromatic N) is 1. The van der Waals surface area contributed by atoms with Crippen LogP contribution in [0.2, 0.25) is 5.02 Å². The zero-order chi connectivity index (χ0) is 13.1. The van der Waals surface area contributed by atoms with E-state index < -0.39 is 5.97 Å². The van der Waals surface area contributed by atoms with E-state index in [9.17, 15) is 9.59 Å². The van der Waals surface area contributed by atoms with E-state index in [0.717, 1.165) is 0 Å². The first-order valence-electron chi connectivity index (χ1n) is 5.39. The quantitative estimate of drug-likeness (QED) is 0.866. The van der Waals surface area contributed by atoms with Crippen LogP contribution in [0.25, 0.3) is 5.69 Å². The molecule has 2 aromatic rings. The normalized spacial score (nSPS) is 10.3. The Morgan fingerprint density at radius 1 is 1.44 bits per heavy atom. The monoisotopic (exact) mass is 266 g/mol. The van der Waals surface area contributed by atoms with Crippen molar-refractivity contribution in [1.82, 2.24) is 9.78 Å². The molecule has 94 valence electrons. The molecule has 0 bridgehead atoms. The minimum atomic E-state index is -0.414. The smallest absolute Gasteiger partial charge is 0.312 e. The molecule has 1 heterocycles. The van der Waals surface area contributed by atoms with E-state index >= 15 is 0 Å². The Labute approximate surface area is 108 Å². The van der Waals surface area contributed by atoms with Gasteiger partial charge in [-0.2, -0.15) is 0 Å². The van der Waals surface area contributed by atoms with Crippen molar-refractivity contribution in [3.8, 4) is 11.6 Å². The van der Waals surface area contributed by atoms with E-state index in [2.05, 4.69) is 5.10 Å². The average molecular weight is 267 g/mol. The highest BCUT2D eigenvalue weighted by atomic mass is 35.5. The second kappa shape index (κ2) is 5.10. The van der Waals surface area contributed by atoms with Crippen molar-refractivity contribution in [2.24, 2.45) is 0 Å². The molecular weight excluding hydrogens is 256 g/mol. The third-order valence-corrected chi connectivity index (χ3v) is 2.62. The molecule has 0 aliphatic rings. The van der Waals surface area contributed by atoms with Crippen LogP contribution in [-0.2, 0) is 4.79 Å². The SMILES string of the molecule is CCC(=O)Oc1cc(=O)n(-c2ccccc2Cl)[nH]1. The minimum Gasteiger partial charge on any atom is -0.408 e. The first-order valence-corrected chi connectivity index (χ1v) is 5.77. The number of aromatic amines is 1. The molecule has 1 N–H and O–H groups in total. The van der Waals surface area contributed by atoms with Crippen molar-refractivity contribution in [3.63, 3.8) is 0 Å². The lowest BCUT2D eigenvalue weighted by atomic mass is 10.3. The average Bonchev–Trinajstić information content (AvgIpc) is 2.70. The van der Waals surface area contributed by atoms with Gasteiger partial charge in [0.15, 0.2) is 0 Å². The molecule has 0 aliphatic heterocycles. The number of ether oxygens (including phenoxy) is 1. The third-order valence-electron chi connectivity index (χ3n) is 2.30. The van der Waals surface area contributed by atoms with Crippen molar-refractivity contribution in [1.29, 1.82) is 0 Å². The second-order valence-corrected chi connectivity index (χ2v) is 3.98. The lowest BCUT2D eigenvalue weighted by Crippen LogP contribution is -2.13. The first-order chi connectivity index (χ1) is 8.61. The maximum absolute atomic E-state index is 11.7. The molecule has 5 nitrogen and oxygen atoms in total. The first kappa shape index (κ1) is 12.4. The van der Waals surface area contributed by atoms with Crippen LogP contribution >= 0.6 is 11.6 Å².